The average Bonchev–Trinajstić information content (AvgIpc) is 2.26. The first-order valence-corrected chi connectivity index (χ1v) is 4.84. The average molecular weight is 211 g/mol. The second kappa shape index (κ2) is 5.46. The van der Waals surface area contributed by atoms with Gasteiger partial charge >= 0.3 is 0 Å². The molecule has 0 saturated heterocycles. The third-order valence-electron chi connectivity index (χ3n) is 2.02. The molecule has 0 heterocycles. The summed E-state index contributed by atoms with van der Waals surface area (Å²) in [6.07, 6.45) is 0. The fourth-order valence-electron chi connectivity index (χ4n) is 1.09. The molecule has 15 heavy (non-hydrogen) atoms. The van der Waals surface area contributed by atoms with Crippen LogP contribution in [-0.4, -0.2) is 25.4 Å². The van der Waals surface area contributed by atoms with E-state index in [9.17, 15) is 0 Å². The topological polar surface area (TPSA) is 64.7 Å². The molecular formula is C11H17NO3. The molecule has 3 N–H and O–H groups in total. The molecule has 0 fully saturated rings. The highest BCUT2D eigenvalue weighted by Gasteiger charge is 2.07. The number of anilines is 1. The summed E-state index contributed by atoms with van der Waals surface area (Å²) in [7, 11) is 1.58. The summed E-state index contributed by atoms with van der Waals surface area (Å²) in [5.41, 5.74) is 6.26. The van der Waals surface area contributed by atoms with E-state index < -0.39 is 0 Å². The van der Waals surface area contributed by atoms with Crippen LogP contribution in [0.25, 0.3) is 0 Å². The highest BCUT2D eigenvalue weighted by Crippen LogP contribution is 2.29. The lowest BCUT2D eigenvalue weighted by Crippen LogP contribution is -2.12. The summed E-state index contributed by atoms with van der Waals surface area (Å²) >= 11 is 0. The molecule has 4 nitrogen and oxygen atoms in total. The number of nitrogens with two attached hydrogens (primary N) is 1. The van der Waals surface area contributed by atoms with Gasteiger partial charge in [0.25, 0.3) is 0 Å². The third-order valence-corrected chi connectivity index (χ3v) is 2.02. The fraction of sp³-hybridized carbons (Fsp3) is 0.455. The van der Waals surface area contributed by atoms with Gasteiger partial charge in [0.05, 0.1) is 13.7 Å². The monoisotopic (exact) mass is 211 g/mol. The highest BCUT2D eigenvalue weighted by atomic mass is 16.5. The number of ether oxygens (including phenoxy) is 2. The highest BCUT2D eigenvalue weighted by molar-refractivity contribution is 5.51. The Morgan fingerprint density at radius 2 is 2.13 bits per heavy atom. The van der Waals surface area contributed by atoms with Crippen LogP contribution in [0.15, 0.2) is 18.2 Å². The van der Waals surface area contributed by atoms with Crippen molar-refractivity contribution in [1.29, 1.82) is 0 Å². The predicted octanol–water partition coefficient (Wildman–Crippen LogP) is 1.28. The van der Waals surface area contributed by atoms with Crippen LogP contribution < -0.4 is 15.2 Å². The standard InChI is InChI=1S/C11H17NO3/c1-8(6-13)7-15-11-5-9(12)3-4-10(11)14-2/h3-5,8,13H,6-7,12H2,1-2H3. The van der Waals surface area contributed by atoms with E-state index in [1.807, 2.05) is 6.92 Å². The van der Waals surface area contributed by atoms with Gasteiger partial charge < -0.3 is 20.3 Å². The number of benzene rings is 1. The molecule has 0 radical (unpaired) electrons. The van der Waals surface area contributed by atoms with E-state index in [0.717, 1.165) is 0 Å². The van der Waals surface area contributed by atoms with Crippen LogP contribution in [-0.2, 0) is 0 Å². The van der Waals surface area contributed by atoms with Gasteiger partial charge in [0, 0.05) is 24.3 Å². The number of nitrogen functional groups attached to an aromatic ring is 1. The summed E-state index contributed by atoms with van der Waals surface area (Å²) in [5, 5.41) is 8.86. The van der Waals surface area contributed by atoms with E-state index in [2.05, 4.69) is 0 Å². The molecule has 1 rings (SSSR count). The zero-order chi connectivity index (χ0) is 11.3. The first-order chi connectivity index (χ1) is 7.17. The summed E-state index contributed by atoms with van der Waals surface area (Å²) in [6, 6.07) is 5.22. The van der Waals surface area contributed by atoms with Gasteiger partial charge in [-0.25, -0.2) is 0 Å². The van der Waals surface area contributed by atoms with E-state index in [4.69, 9.17) is 20.3 Å². The Hall–Kier alpha value is -1.42. The van der Waals surface area contributed by atoms with Crippen LogP contribution in [0.5, 0.6) is 11.5 Å². The van der Waals surface area contributed by atoms with Crippen molar-refractivity contribution in [2.75, 3.05) is 26.1 Å². The summed E-state index contributed by atoms with van der Waals surface area (Å²) in [6.45, 7) is 2.44. The molecule has 84 valence electrons. The molecule has 0 spiro atoms. The molecule has 0 aliphatic heterocycles. The van der Waals surface area contributed by atoms with Crippen LogP contribution in [0.2, 0.25) is 0 Å². The van der Waals surface area contributed by atoms with Crippen molar-refractivity contribution in [2.24, 2.45) is 5.92 Å². The van der Waals surface area contributed by atoms with Crippen molar-refractivity contribution >= 4 is 5.69 Å². The molecule has 0 bridgehead atoms. The number of hydrogen-bond acceptors (Lipinski definition) is 4. The van der Waals surface area contributed by atoms with Gasteiger partial charge in [0.15, 0.2) is 11.5 Å². The molecule has 0 saturated carbocycles. The van der Waals surface area contributed by atoms with Crippen molar-refractivity contribution in [3.8, 4) is 11.5 Å². The summed E-state index contributed by atoms with van der Waals surface area (Å²) < 4.78 is 10.6. The van der Waals surface area contributed by atoms with Crippen molar-refractivity contribution < 1.29 is 14.6 Å². The maximum atomic E-state index is 8.86. The van der Waals surface area contributed by atoms with E-state index in [-0.39, 0.29) is 12.5 Å². The van der Waals surface area contributed by atoms with E-state index >= 15 is 0 Å². The van der Waals surface area contributed by atoms with Gasteiger partial charge in [-0.05, 0) is 12.1 Å². The minimum atomic E-state index is 0.0936. The Morgan fingerprint density at radius 1 is 1.40 bits per heavy atom. The smallest absolute Gasteiger partial charge is 0.163 e. The number of methoxy groups -OCH3 is 1. The van der Waals surface area contributed by atoms with Gasteiger partial charge in [-0.1, -0.05) is 6.92 Å². The van der Waals surface area contributed by atoms with E-state index in [1.54, 1.807) is 25.3 Å². The number of aliphatic hydroxyl groups is 1. The zero-order valence-corrected chi connectivity index (χ0v) is 9.06. The molecule has 1 atom stereocenters. The van der Waals surface area contributed by atoms with Crippen LogP contribution in [0.1, 0.15) is 6.92 Å². The quantitative estimate of drug-likeness (QED) is 0.720. The second-order valence-electron chi connectivity index (χ2n) is 3.51. The van der Waals surface area contributed by atoms with Gasteiger partial charge in [0.1, 0.15) is 0 Å². The van der Waals surface area contributed by atoms with E-state index in [1.165, 1.54) is 0 Å². The molecule has 0 aliphatic carbocycles. The Morgan fingerprint density at radius 3 is 2.73 bits per heavy atom. The normalized spacial score (nSPS) is 12.2. The van der Waals surface area contributed by atoms with Crippen molar-refractivity contribution in [3.63, 3.8) is 0 Å². The molecular weight excluding hydrogens is 194 g/mol. The Labute approximate surface area is 89.6 Å². The largest absolute Gasteiger partial charge is 0.493 e. The van der Waals surface area contributed by atoms with Gasteiger partial charge in [-0.3, -0.25) is 0 Å². The lowest BCUT2D eigenvalue weighted by Gasteiger charge is -2.13. The molecule has 1 aromatic carbocycles. The van der Waals surface area contributed by atoms with Crippen molar-refractivity contribution in [3.05, 3.63) is 18.2 Å². The number of hydrogen-bond donors (Lipinski definition) is 2. The Bertz CT molecular complexity index is 315. The first-order valence-electron chi connectivity index (χ1n) is 4.84. The SMILES string of the molecule is COc1ccc(N)cc1OCC(C)CO. The Balaban J connectivity index is 2.69. The van der Waals surface area contributed by atoms with Crippen molar-refractivity contribution in [1.82, 2.24) is 0 Å². The maximum Gasteiger partial charge on any atom is 0.163 e. The minimum Gasteiger partial charge on any atom is -0.493 e. The fourth-order valence-corrected chi connectivity index (χ4v) is 1.09. The van der Waals surface area contributed by atoms with Crippen molar-refractivity contribution in [2.45, 2.75) is 6.92 Å². The van der Waals surface area contributed by atoms with Crippen LogP contribution >= 0.6 is 0 Å². The molecule has 0 aromatic heterocycles. The maximum absolute atomic E-state index is 8.86. The van der Waals surface area contributed by atoms with Gasteiger partial charge in [-0.15, -0.1) is 0 Å². The molecule has 0 aliphatic rings. The number of rotatable bonds is 5. The molecule has 0 amide bonds. The Kier molecular flexibility index (Phi) is 4.24. The molecule has 1 unspecified atom stereocenters. The number of aliphatic hydroxyl groups excluding tert-OH is 1. The molecule has 1 aromatic rings. The third kappa shape index (κ3) is 3.32. The minimum absolute atomic E-state index is 0.0936. The first kappa shape index (κ1) is 11.7. The molecule has 4 heteroatoms. The van der Waals surface area contributed by atoms with Crippen LogP contribution in [0, 0.1) is 5.92 Å². The second-order valence-corrected chi connectivity index (χ2v) is 3.51. The zero-order valence-electron chi connectivity index (χ0n) is 9.06. The van der Waals surface area contributed by atoms with E-state index in [0.29, 0.717) is 23.8 Å². The predicted molar refractivity (Wildman–Crippen MR) is 59.2 cm³/mol. The van der Waals surface area contributed by atoms with Crippen LogP contribution in [0.3, 0.4) is 0 Å². The summed E-state index contributed by atoms with van der Waals surface area (Å²) in [4.78, 5) is 0. The summed E-state index contributed by atoms with van der Waals surface area (Å²) in [5.74, 6) is 1.35. The van der Waals surface area contributed by atoms with Crippen LogP contribution in [0.4, 0.5) is 5.69 Å². The van der Waals surface area contributed by atoms with Gasteiger partial charge in [0.2, 0.25) is 0 Å². The van der Waals surface area contributed by atoms with Gasteiger partial charge in [-0.2, -0.15) is 0 Å². The lowest BCUT2D eigenvalue weighted by molar-refractivity contribution is 0.171. The lowest BCUT2D eigenvalue weighted by atomic mass is 10.2.